The minimum Gasteiger partial charge on any atom is -0.478 e. The average molecular weight is 317 g/mol. The van der Waals surface area contributed by atoms with Crippen molar-refractivity contribution in [2.24, 2.45) is 0 Å². The molecule has 0 spiro atoms. The third-order valence-electron chi connectivity index (χ3n) is 3.95. The highest BCUT2D eigenvalue weighted by Crippen LogP contribution is 2.25. The van der Waals surface area contributed by atoms with Crippen LogP contribution in [0.15, 0.2) is 70.2 Å². The Morgan fingerprint density at radius 2 is 1.92 bits per heavy atom. The van der Waals surface area contributed by atoms with Gasteiger partial charge in [0.05, 0.1) is 22.2 Å². The van der Waals surface area contributed by atoms with Crippen LogP contribution in [0.5, 0.6) is 0 Å². The van der Waals surface area contributed by atoms with Crippen LogP contribution in [-0.4, -0.2) is 16.1 Å². The van der Waals surface area contributed by atoms with E-state index in [0.717, 1.165) is 10.8 Å². The fourth-order valence-corrected chi connectivity index (χ4v) is 2.78. The number of nitrogens with zero attached hydrogens (tertiary/aromatic N) is 1. The third kappa shape index (κ3) is 2.14. The van der Waals surface area contributed by atoms with Gasteiger partial charge in [0.15, 0.2) is 0 Å². The normalized spacial score (nSPS) is 11.0. The number of pyridine rings is 1. The Kier molecular flexibility index (Phi) is 3.13. The van der Waals surface area contributed by atoms with Crippen LogP contribution < -0.4 is 5.43 Å². The molecule has 0 atom stereocenters. The number of hydrogen-bond donors (Lipinski definition) is 1. The molecule has 4 aromatic rings. The van der Waals surface area contributed by atoms with Crippen molar-refractivity contribution in [1.29, 1.82) is 0 Å². The zero-order chi connectivity index (χ0) is 16.7. The molecule has 0 aliphatic heterocycles. The summed E-state index contributed by atoms with van der Waals surface area (Å²) in [6.45, 7) is 0. The molecule has 5 heteroatoms. The molecule has 0 aliphatic rings. The lowest BCUT2D eigenvalue weighted by atomic mass is 10.0. The van der Waals surface area contributed by atoms with E-state index in [1.165, 1.54) is 24.6 Å². The SMILES string of the molecule is O=C(O)c1ccnc(-c2coc3ccc4ccccc4c3c2=O)c1. The first-order chi connectivity index (χ1) is 11.6. The Bertz CT molecular complexity index is 1160. The Morgan fingerprint density at radius 1 is 1.08 bits per heavy atom. The summed E-state index contributed by atoms with van der Waals surface area (Å²) in [6, 6.07) is 13.9. The van der Waals surface area contributed by atoms with Gasteiger partial charge < -0.3 is 9.52 Å². The van der Waals surface area contributed by atoms with Crippen LogP contribution in [0.4, 0.5) is 0 Å². The van der Waals surface area contributed by atoms with Crippen molar-refractivity contribution in [3.8, 4) is 11.3 Å². The molecule has 2 aromatic heterocycles. The van der Waals surface area contributed by atoms with Crippen molar-refractivity contribution < 1.29 is 14.3 Å². The lowest BCUT2D eigenvalue weighted by molar-refractivity contribution is 0.0697. The van der Waals surface area contributed by atoms with Crippen molar-refractivity contribution in [1.82, 2.24) is 4.98 Å². The summed E-state index contributed by atoms with van der Waals surface area (Å²) in [7, 11) is 0. The monoisotopic (exact) mass is 317 g/mol. The maximum Gasteiger partial charge on any atom is 0.335 e. The summed E-state index contributed by atoms with van der Waals surface area (Å²) in [4.78, 5) is 28.2. The first-order valence-electron chi connectivity index (χ1n) is 7.28. The van der Waals surface area contributed by atoms with E-state index in [9.17, 15) is 9.59 Å². The number of benzene rings is 2. The first-order valence-corrected chi connectivity index (χ1v) is 7.28. The largest absolute Gasteiger partial charge is 0.478 e. The molecule has 0 amide bonds. The molecule has 0 saturated heterocycles. The molecular formula is C19H11NO4. The molecule has 116 valence electrons. The second kappa shape index (κ2) is 5.31. The van der Waals surface area contributed by atoms with Crippen LogP contribution >= 0.6 is 0 Å². The molecule has 0 aliphatic carbocycles. The molecule has 0 bridgehead atoms. The molecular weight excluding hydrogens is 306 g/mol. The third-order valence-corrected chi connectivity index (χ3v) is 3.95. The van der Waals surface area contributed by atoms with Crippen LogP contribution in [0.1, 0.15) is 10.4 Å². The Labute approximate surface area is 135 Å². The van der Waals surface area contributed by atoms with Crippen molar-refractivity contribution in [3.63, 3.8) is 0 Å². The quantitative estimate of drug-likeness (QED) is 0.570. The first kappa shape index (κ1) is 14.1. The Hall–Kier alpha value is -3.47. The van der Waals surface area contributed by atoms with Crippen molar-refractivity contribution in [3.05, 3.63) is 76.8 Å². The van der Waals surface area contributed by atoms with Gasteiger partial charge in [0.1, 0.15) is 11.8 Å². The van der Waals surface area contributed by atoms with Crippen molar-refractivity contribution in [2.75, 3.05) is 0 Å². The van der Waals surface area contributed by atoms with Crippen LogP contribution in [-0.2, 0) is 0 Å². The van der Waals surface area contributed by atoms with Gasteiger partial charge in [0, 0.05) is 6.20 Å². The van der Waals surface area contributed by atoms with Gasteiger partial charge in [-0.15, -0.1) is 0 Å². The van der Waals surface area contributed by atoms with E-state index in [0.29, 0.717) is 11.0 Å². The number of hydrogen-bond acceptors (Lipinski definition) is 4. The molecule has 0 fully saturated rings. The number of rotatable bonds is 2. The zero-order valence-electron chi connectivity index (χ0n) is 12.4. The van der Waals surface area contributed by atoms with Crippen LogP contribution in [0, 0.1) is 0 Å². The maximum absolute atomic E-state index is 13.0. The zero-order valence-corrected chi connectivity index (χ0v) is 12.4. The van der Waals surface area contributed by atoms with E-state index in [2.05, 4.69) is 4.98 Å². The lowest BCUT2D eigenvalue weighted by Crippen LogP contribution is -2.07. The standard InChI is InChI=1S/C19H11NO4/c21-18-14(15-9-12(19(22)23)7-8-20-15)10-24-16-6-5-11-3-1-2-4-13(11)17(16)18/h1-10H,(H,22,23). The van der Waals surface area contributed by atoms with Crippen molar-refractivity contribution >= 4 is 27.7 Å². The highest BCUT2D eigenvalue weighted by molar-refractivity contribution is 6.06. The summed E-state index contributed by atoms with van der Waals surface area (Å²) < 4.78 is 5.60. The highest BCUT2D eigenvalue weighted by atomic mass is 16.4. The minimum atomic E-state index is -1.07. The second-order valence-electron chi connectivity index (χ2n) is 5.37. The van der Waals surface area contributed by atoms with E-state index in [1.54, 1.807) is 6.07 Å². The van der Waals surface area contributed by atoms with Gasteiger partial charge >= 0.3 is 5.97 Å². The molecule has 0 radical (unpaired) electrons. The summed E-state index contributed by atoms with van der Waals surface area (Å²) in [6.07, 6.45) is 2.69. The molecule has 2 heterocycles. The maximum atomic E-state index is 13.0. The fourth-order valence-electron chi connectivity index (χ4n) is 2.78. The number of aromatic carboxylic acids is 1. The fraction of sp³-hybridized carbons (Fsp3) is 0. The van der Waals surface area contributed by atoms with E-state index < -0.39 is 5.97 Å². The lowest BCUT2D eigenvalue weighted by Gasteiger charge is -2.05. The smallest absolute Gasteiger partial charge is 0.335 e. The van der Waals surface area contributed by atoms with Gasteiger partial charge in [0.2, 0.25) is 5.43 Å². The minimum absolute atomic E-state index is 0.0671. The van der Waals surface area contributed by atoms with Gasteiger partial charge in [-0.1, -0.05) is 30.3 Å². The topological polar surface area (TPSA) is 80.4 Å². The van der Waals surface area contributed by atoms with Gasteiger partial charge in [-0.05, 0) is 29.0 Å². The molecule has 4 rings (SSSR count). The molecule has 0 saturated carbocycles. The van der Waals surface area contributed by atoms with Crippen LogP contribution in [0.3, 0.4) is 0 Å². The molecule has 5 nitrogen and oxygen atoms in total. The van der Waals surface area contributed by atoms with E-state index >= 15 is 0 Å². The second-order valence-corrected chi connectivity index (χ2v) is 5.37. The van der Waals surface area contributed by atoms with E-state index in [-0.39, 0.29) is 22.2 Å². The van der Waals surface area contributed by atoms with E-state index in [1.807, 2.05) is 30.3 Å². The van der Waals surface area contributed by atoms with Crippen molar-refractivity contribution in [2.45, 2.75) is 0 Å². The molecule has 24 heavy (non-hydrogen) atoms. The van der Waals surface area contributed by atoms with Crippen LogP contribution in [0.2, 0.25) is 0 Å². The van der Waals surface area contributed by atoms with Gasteiger partial charge in [-0.25, -0.2) is 4.79 Å². The van der Waals surface area contributed by atoms with Crippen LogP contribution in [0.25, 0.3) is 33.0 Å². The average Bonchev–Trinajstić information content (AvgIpc) is 2.61. The number of aromatic nitrogens is 1. The molecule has 0 unspecified atom stereocenters. The predicted molar refractivity (Wildman–Crippen MR) is 90.2 cm³/mol. The van der Waals surface area contributed by atoms with Gasteiger partial charge in [-0.2, -0.15) is 0 Å². The number of carboxylic acids is 1. The number of fused-ring (bicyclic) bond motifs is 3. The molecule has 2 aromatic carbocycles. The Morgan fingerprint density at radius 3 is 2.75 bits per heavy atom. The summed E-state index contributed by atoms with van der Waals surface area (Å²) in [5.41, 5.74) is 0.831. The summed E-state index contributed by atoms with van der Waals surface area (Å²) in [5, 5.41) is 11.3. The summed E-state index contributed by atoms with van der Waals surface area (Å²) >= 11 is 0. The Balaban J connectivity index is 2.06. The highest BCUT2D eigenvalue weighted by Gasteiger charge is 2.14. The number of carbonyl (C=O) groups is 1. The summed E-state index contributed by atoms with van der Waals surface area (Å²) in [5.74, 6) is -1.07. The number of carboxylic acid groups (broad SMARTS) is 1. The van der Waals surface area contributed by atoms with E-state index in [4.69, 9.17) is 9.52 Å². The molecule has 1 N–H and O–H groups in total. The van der Waals surface area contributed by atoms with Gasteiger partial charge in [-0.3, -0.25) is 9.78 Å². The predicted octanol–water partition coefficient (Wildman–Crippen LogP) is 3.71. The van der Waals surface area contributed by atoms with Gasteiger partial charge in [0.25, 0.3) is 0 Å².